The fraction of sp³-hybridized carbons (Fsp3) is 0.143. The molecule has 0 aromatic carbocycles. The van der Waals surface area contributed by atoms with Gasteiger partial charge in [0.25, 0.3) is 5.56 Å². The van der Waals surface area contributed by atoms with Crippen molar-refractivity contribution in [3.63, 3.8) is 0 Å². The minimum absolute atomic E-state index is 0.362. The van der Waals surface area contributed by atoms with Gasteiger partial charge in [-0.25, -0.2) is 0 Å². The molecule has 0 saturated heterocycles. The predicted molar refractivity (Wildman–Crippen MR) is 41.0 cm³/mol. The van der Waals surface area contributed by atoms with Crippen LogP contribution in [0.3, 0.4) is 0 Å². The maximum absolute atomic E-state index is 10.9. The van der Waals surface area contributed by atoms with Crippen LogP contribution in [-0.4, -0.2) is 15.2 Å². The molecule has 2 N–H and O–H groups in total. The van der Waals surface area contributed by atoms with Gasteiger partial charge in [0.15, 0.2) is 11.3 Å². The first-order chi connectivity index (χ1) is 5.68. The van der Waals surface area contributed by atoms with E-state index in [0.29, 0.717) is 16.8 Å². The molecular weight excluding hydrogens is 160 g/mol. The van der Waals surface area contributed by atoms with E-state index in [1.165, 1.54) is 6.07 Å². The lowest BCUT2D eigenvalue weighted by Gasteiger charge is -1.89. The van der Waals surface area contributed by atoms with Crippen molar-refractivity contribution in [2.75, 3.05) is 0 Å². The second-order valence-corrected chi connectivity index (χ2v) is 2.49. The molecule has 0 aliphatic carbocycles. The summed E-state index contributed by atoms with van der Waals surface area (Å²) in [5.74, 6) is -0.362. The summed E-state index contributed by atoms with van der Waals surface area (Å²) in [7, 11) is 0. The third-order valence-electron chi connectivity index (χ3n) is 1.63. The molecule has 0 aliphatic heterocycles. The third-order valence-corrected chi connectivity index (χ3v) is 1.63. The molecule has 5 nitrogen and oxygen atoms in total. The lowest BCUT2D eigenvalue weighted by molar-refractivity contribution is 0.442. The number of rotatable bonds is 0. The van der Waals surface area contributed by atoms with Gasteiger partial charge in [-0.1, -0.05) is 5.16 Å². The van der Waals surface area contributed by atoms with Crippen molar-refractivity contribution in [1.29, 1.82) is 0 Å². The highest BCUT2D eigenvalue weighted by Crippen LogP contribution is 2.15. The first kappa shape index (κ1) is 6.90. The second-order valence-electron chi connectivity index (χ2n) is 2.49. The van der Waals surface area contributed by atoms with Gasteiger partial charge in [-0.15, -0.1) is 0 Å². The molecule has 0 amide bonds. The summed E-state index contributed by atoms with van der Waals surface area (Å²) < 4.78 is 4.80. The summed E-state index contributed by atoms with van der Waals surface area (Å²) in [4.78, 5) is 13.4. The van der Waals surface area contributed by atoms with Crippen LogP contribution in [0, 0.1) is 6.92 Å². The van der Waals surface area contributed by atoms with E-state index in [1.807, 2.05) is 0 Å². The Bertz CT molecular complexity index is 483. The Balaban J connectivity index is 2.97. The number of H-pyrrole nitrogens is 1. The number of pyridine rings is 1. The van der Waals surface area contributed by atoms with E-state index in [1.54, 1.807) is 6.92 Å². The Hall–Kier alpha value is -1.78. The molecule has 0 unspecified atom stereocenters. The zero-order valence-corrected chi connectivity index (χ0v) is 6.29. The summed E-state index contributed by atoms with van der Waals surface area (Å²) in [6, 6.07) is 1.24. The van der Waals surface area contributed by atoms with Gasteiger partial charge in [-0.3, -0.25) is 4.79 Å². The number of fused-ring (bicyclic) bond motifs is 1. The minimum atomic E-state index is -0.534. The molecule has 2 aromatic heterocycles. The van der Waals surface area contributed by atoms with Crippen LogP contribution < -0.4 is 5.56 Å². The number of aromatic amines is 1. The smallest absolute Gasteiger partial charge is 0.290 e. The summed E-state index contributed by atoms with van der Waals surface area (Å²) in [6.45, 7) is 1.71. The van der Waals surface area contributed by atoms with Crippen molar-refractivity contribution in [3.8, 4) is 5.75 Å². The van der Waals surface area contributed by atoms with Crippen molar-refractivity contribution in [2.24, 2.45) is 0 Å². The van der Waals surface area contributed by atoms with Gasteiger partial charge >= 0.3 is 0 Å². The molecule has 0 radical (unpaired) electrons. The van der Waals surface area contributed by atoms with E-state index in [9.17, 15) is 4.79 Å². The van der Waals surface area contributed by atoms with Crippen molar-refractivity contribution in [2.45, 2.75) is 6.92 Å². The molecule has 0 fully saturated rings. The topological polar surface area (TPSA) is 79.1 Å². The van der Waals surface area contributed by atoms with E-state index in [0.717, 1.165) is 0 Å². The summed E-state index contributed by atoms with van der Waals surface area (Å²) >= 11 is 0. The highest BCUT2D eigenvalue weighted by molar-refractivity contribution is 5.75. The molecule has 0 atom stereocenters. The van der Waals surface area contributed by atoms with Crippen molar-refractivity contribution < 1.29 is 9.63 Å². The van der Waals surface area contributed by atoms with E-state index >= 15 is 0 Å². The fourth-order valence-corrected chi connectivity index (χ4v) is 1.01. The van der Waals surface area contributed by atoms with Gasteiger partial charge in [0.2, 0.25) is 0 Å². The number of hydrogen-bond acceptors (Lipinski definition) is 4. The van der Waals surface area contributed by atoms with E-state index < -0.39 is 5.56 Å². The van der Waals surface area contributed by atoms with Crippen LogP contribution in [0.15, 0.2) is 15.4 Å². The van der Waals surface area contributed by atoms with E-state index in [2.05, 4.69) is 10.1 Å². The number of aryl methyl sites for hydroxylation is 1. The van der Waals surface area contributed by atoms with E-state index in [-0.39, 0.29) is 5.75 Å². The molecule has 0 saturated carbocycles. The molecule has 5 heteroatoms. The minimum Gasteiger partial charge on any atom is -0.503 e. The number of hydrogen-bond donors (Lipinski definition) is 2. The zero-order chi connectivity index (χ0) is 8.72. The number of nitrogens with one attached hydrogen (secondary N) is 1. The van der Waals surface area contributed by atoms with Gasteiger partial charge < -0.3 is 14.6 Å². The van der Waals surface area contributed by atoms with Gasteiger partial charge in [-0.05, 0) is 6.92 Å². The Morgan fingerprint density at radius 1 is 1.67 bits per heavy atom. The molecule has 2 rings (SSSR count). The monoisotopic (exact) mass is 166 g/mol. The zero-order valence-electron chi connectivity index (χ0n) is 6.29. The van der Waals surface area contributed by atoms with Crippen LogP contribution in [0.1, 0.15) is 5.69 Å². The largest absolute Gasteiger partial charge is 0.503 e. The van der Waals surface area contributed by atoms with Gasteiger partial charge in [0.1, 0.15) is 11.2 Å². The van der Waals surface area contributed by atoms with Gasteiger partial charge in [0, 0.05) is 6.07 Å². The third kappa shape index (κ3) is 0.795. The summed E-state index contributed by atoms with van der Waals surface area (Å²) in [6.07, 6.45) is 0. The van der Waals surface area contributed by atoms with Gasteiger partial charge in [0.05, 0.1) is 0 Å². The van der Waals surface area contributed by atoms with Crippen molar-refractivity contribution >= 4 is 11.1 Å². The standard InChI is InChI=1S/C7H6N2O3/c1-3-6-5(12-9-3)2-4(10)7(11)8-6/h2,10H,1H3,(H,8,11). The average Bonchev–Trinajstić information content (AvgIpc) is 2.35. The Morgan fingerprint density at radius 2 is 2.42 bits per heavy atom. The molecule has 0 spiro atoms. The molecule has 62 valence electrons. The first-order valence-corrected chi connectivity index (χ1v) is 3.37. The summed E-state index contributed by atoms with van der Waals surface area (Å²) in [5, 5.41) is 12.6. The molecule has 0 bridgehead atoms. The van der Waals surface area contributed by atoms with Crippen molar-refractivity contribution in [1.82, 2.24) is 10.1 Å². The number of aromatic hydroxyl groups is 1. The maximum atomic E-state index is 10.9. The van der Waals surface area contributed by atoms with Crippen LogP contribution in [0.5, 0.6) is 5.75 Å². The van der Waals surface area contributed by atoms with Crippen LogP contribution in [0.25, 0.3) is 11.1 Å². The van der Waals surface area contributed by atoms with Crippen LogP contribution in [-0.2, 0) is 0 Å². The molecule has 2 heterocycles. The predicted octanol–water partition coefficient (Wildman–Crippen LogP) is 0.530. The number of nitrogens with zero attached hydrogens (tertiary/aromatic N) is 1. The highest BCUT2D eigenvalue weighted by Gasteiger charge is 2.07. The fourth-order valence-electron chi connectivity index (χ4n) is 1.01. The molecular formula is C7H6N2O3. The normalized spacial score (nSPS) is 10.8. The molecule has 2 aromatic rings. The molecule has 0 aliphatic rings. The Labute approximate surface area is 66.6 Å². The van der Waals surface area contributed by atoms with Gasteiger partial charge in [-0.2, -0.15) is 0 Å². The van der Waals surface area contributed by atoms with E-state index in [4.69, 9.17) is 9.63 Å². The lowest BCUT2D eigenvalue weighted by Crippen LogP contribution is -2.03. The maximum Gasteiger partial charge on any atom is 0.290 e. The number of aromatic nitrogens is 2. The summed E-state index contributed by atoms with van der Waals surface area (Å²) in [5.41, 5.74) is 0.971. The quantitative estimate of drug-likeness (QED) is 0.598. The van der Waals surface area contributed by atoms with Crippen LogP contribution >= 0.6 is 0 Å². The Morgan fingerprint density at radius 3 is 3.17 bits per heavy atom. The van der Waals surface area contributed by atoms with Crippen molar-refractivity contribution in [3.05, 3.63) is 22.1 Å². The first-order valence-electron chi connectivity index (χ1n) is 3.37. The molecule has 12 heavy (non-hydrogen) atoms. The highest BCUT2D eigenvalue weighted by atomic mass is 16.5. The van der Waals surface area contributed by atoms with Crippen LogP contribution in [0.2, 0.25) is 0 Å². The lowest BCUT2D eigenvalue weighted by atomic mass is 10.3. The average molecular weight is 166 g/mol. The van der Waals surface area contributed by atoms with Crippen LogP contribution in [0.4, 0.5) is 0 Å². The second kappa shape index (κ2) is 2.10. The Kier molecular flexibility index (Phi) is 1.21. The SMILES string of the molecule is Cc1noc2cc(O)c(=O)[nH]c12.